The summed E-state index contributed by atoms with van der Waals surface area (Å²) < 4.78 is 59.1. The average molecular weight is 363 g/mol. The lowest BCUT2D eigenvalue weighted by Gasteiger charge is -2.13. The third-order valence-corrected chi connectivity index (χ3v) is 5.58. The van der Waals surface area contributed by atoms with Gasteiger partial charge in [0.25, 0.3) is 0 Å². The fraction of sp³-hybridized carbons (Fsp3) is 1.00. The second kappa shape index (κ2) is 12.2. The third-order valence-electron chi connectivity index (χ3n) is 3.05. The molecule has 136 valence electrons. The molecule has 0 aliphatic carbocycles. The Morgan fingerprint density at radius 2 is 1.14 bits per heavy atom. The molecule has 0 fully saturated rings. The van der Waals surface area contributed by atoms with Crippen LogP contribution in [-0.4, -0.2) is 60.7 Å². The molecule has 10 heteroatoms. The van der Waals surface area contributed by atoms with Crippen LogP contribution in [0.4, 0.5) is 0 Å². The maximum Gasteiger partial charge on any atom is 0.351 e. The van der Waals surface area contributed by atoms with Crippen LogP contribution in [-0.2, 0) is 20.6 Å². The molecule has 0 spiro atoms. The minimum atomic E-state index is -4.91. The molecule has 0 saturated heterocycles. The van der Waals surface area contributed by atoms with Gasteiger partial charge in [-0.3, -0.25) is 9.11 Å². The molecule has 0 radical (unpaired) electrons. The van der Waals surface area contributed by atoms with E-state index in [0.29, 0.717) is 6.42 Å². The number of nitrogens with zero attached hydrogens (tertiary/aromatic N) is 2. The molecule has 0 atom stereocenters. The summed E-state index contributed by atoms with van der Waals surface area (Å²) in [5.74, 6) is 0. The zero-order chi connectivity index (χ0) is 17.8. The zero-order valence-electron chi connectivity index (χ0n) is 13.9. The fourth-order valence-corrected chi connectivity index (χ4v) is 3.36. The normalized spacial score (nSPS) is 12.4. The monoisotopic (exact) mass is 362 g/mol. The Morgan fingerprint density at radius 1 is 0.727 bits per heavy atom. The summed E-state index contributed by atoms with van der Waals surface area (Å²) in [6.45, 7) is 11.6. The van der Waals surface area contributed by atoms with Crippen LogP contribution < -0.4 is 0 Å². The van der Waals surface area contributed by atoms with Crippen molar-refractivity contribution in [2.45, 2.75) is 53.4 Å². The average Bonchev–Trinajstić information content (AvgIpc) is 2.38. The van der Waals surface area contributed by atoms with E-state index in [1.54, 1.807) is 0 Å². The number of hydrogen-bond donors (Lipinski definition) is 2. The molecule has 8 nitrogen and oxygen atoms in total. The summed E-state index contributed by atoms with van der Waals surface area (Å²) in [6, 6.07) is 0. The Kier molecular flexibility index (Phi) is 13.3. The molecule has 0 rings (SSSR count). The van der Waals surface area contributed by atoms with Crippen LogP contribution in [0.5, 0.6) is 0 Å². The van der Waals surface area contributed by atoms with Crippen LogP contribution in [0.25, 0.3) is 0 Å². The molecule has 22 heavy (non-hydrogen) atoms. The highest BCUT2D eigenvalue weighted by Gasteiger charge is 2.30. The fourth-order valence-electron chi connectivity index (χ4n) is 1.69. The van der Waals surface area contributed by atoms with Gasteiger partial charge in [-0.25, -0.2) is 0 Å². The number of unbranched alkanes of at least 4 members (excludes halogenated alkanes) is 3. The highest BCUT2D eigenvalue weighted by atomic mass is 32.3. The quantitative estimate of drug-likeness (QED) is 0.450. The van der Waals surface area contributed by atoms with Crippen LogP contribution in [0.1, 0.15) is 53.4 Å². The topological polar surface area (TPSA) is 115 Å². The maximum absolute atomic E-state index is 10.6. The molecule has 0 aliphatic rings. The molecule has 0 amide bonds. The standard InChI is InChI=1S/C6H15NO6S2.C6H15N/c1-2-3-4-5-6-7(14(8,9)10)15(11,12)13;1-4-7(5-2)6-3/h2-6H2,1H3,(H,8,9,10)(H,11,12,13);4-6H2,1-3H3. The summed E-state index contributed by atoms with van der Waals surface area (Å²) in [6.07, 6.45) is 2.61. The molecule has 0 saturated carbocycles. The summed E-state index contributed by atoms with van der Waals surface area (Å²) in [5.41, 5.74) is 0. The van der Waals surface area contributed by atoms with E-state index in [4.69, 9.17) is 9.11 Å². The van der Waals surface area contributed by atoms with Crippen LogP contribution in [0, 0.1) is 0 Å². The molecular weight excluding hydrogens is 332 g/mol. The predicted octanol–water partition coefficient (Wildman–Crippen LogP) is 1.82. The van der Waals surface area contributed by atoms with Gasteiger partial charge in [0.1, 0.15) is 0 Å². The molecule has 0 aliphatic heterocycles. The van der Waals surface area contributed by atoms with Crippen molar-refractivity contribution in [1.29, 1.82) is 0 Å². The van der Waals surface area contributed by atoms with E-state index in [0.717, 1.165) is 12.8 Å². The van der Waals surface area contributed by atoms with Crippen molar-refractivity contribution in [2.75, 3.05) is 26.2 Å². The lowest BCUT2D eigenvalue weighted by Crippen LogP contribution is -2.36. The molecule has 0 aromatic carbocycles. The first-order valence-corrected chi connectivity index (χ1v) is 10.3. The number of hydrogen-bond acceptors (Lipinski definition) is 5. The van der Waals surface area contributed by atoms with Gasteiger partial charge in [0.15, 0.2) is 0 Å². The van der Waals surface area contributed by atoms with Gasteiger partial charge >= 0.3 is 20.6 Å². The van der Waals surface area contributed by atoms with E-state index in [1.807, 2.05) is 6.92 Å². The van der Waals surface area contributed by atoms with Crippen molar-refractivity contribution in [2.24, 2.45) is 0 Å². The molecular formula is C12H30N2O6S2. The predicted molar refractivity (Wildman–Crippen MR) is 87.4 cm³/mol. The van der Waals surface area contributed by atoms with Crippen molar-refractivity contribution >= 4 is 20.6 Å². The Labute approximate surface area is 135 Å². The molecule has 0 aromatic heterocycles. The molecule has 0 unspecified atom stereocenters. The van der Waals surface area contributed by atoms with E-state index in [9.17, 15) is 16.8 Å². The van der Waals surface area contributed by atoms with E-state index in [1.165, 1.54) is 19.6 Å². The van der Waals surface area contributed by atoms with Gasteiger partial charge in [0, 0.05) is 6.54 Å². The first-order valence-electron chi connectivity index (χ1n) is 7.49. The van der Waals surface area contributed by atoms with Crippen molar-refractivity contribution in [3.8, 4) is 0 Å². The molecule has 0 heterocycles. The SMILES string of the molecule is CCCCCCN(S(=O)(=O)O)S(=O)(=O)O.CCN(CC)CC. The lowest BCUT2D eigenvalue weighted by molar-refractivity contribution is 0.321. The van der Waals surface area contributed by atoms with Gasteiger partial charge in [0.05, 0.1) is 0 Å². The van der Waals surface area contributed by atoms with Gasteiger partial charge < -0.3 is 4.90 Å². The highest BCUT2D eigenvalue weighted by Crippen LogP contribution is 2.08. The second-order valence-electron chi connectivity index (χ2n) is 4.63. The van der Waals surface area contributed by atoms with Crippen molar-refractivity contribution in [1.82, 2.24) is 8.61 Å². The second-order valence-corrected chi connectivity index (χ2v) is 7.54. The Hall–Kier alpha value is -0.260. The van der Waals surface area contributed by atoms with E-state index in [2.05, 4.69) is 25.7 Å². The van der Waals surface area contributed by atoms with Crippen LogP contribution in [0.3, 0.4) is 0 Å². The largest absolute Gasteiger partial charge is 0.351 e. The van der Waals surface area contributed by atoms with Gasteiger partial charge in [-0.05, 0) is 29.8 Å². The van der Waals surface area contributed by atoms with Crippen LogP contribution >= 0.6 is 0 Å². The third kappa shape index (κ3) is 12.3. The minimum Gasteiger partial charge on any atom is -0.304 e. The van der Waals surface area contributed by atoms with Gasteiger partial charge in [-0.1, -0.05) is 47.0 Å². The van der Waals surface area contributed by atoms with Gasteiger partial charge in [0.2, 0.25) is 0 Å². The molecule has 2 N–H and O–H groups in total. The first kappa shape index (κ1) is 24.0. The first-order chi connectivity index (χ1) is 10.0. The highest BCUT2D eigenvalue weighted by molar-refractivity contribution is 7.98. The Morgan fingerprint density at radius 3 is 1.36 bits per heavy atom. The summed E-state index contributed by atoms with van der Waals surface area (Å²) >= 11 is 0. The molecule has 0 aromatic rings. The van der Waals surface area contributed by atoms with E-state index < -0.39 is 27.2 Å². The van der Waals surface area contributed by atoms with Crippen LogP contribution in [0.15, 0.2) is 0 Å². The van der Waals surface area contributed by atoms with Crippen LogP contribution in [0.2, 0.25) is 0 Å². The number of rotatable bonds is 10. The maximum atomic E-state index is 10.6. The summed E-state index contributed by atoms with van der Waals surface area (Å²) in [5, 5.41) is 0. The zero-order valence-corrected chi connectivity index (χ0v) is 15.5. The molecule has 0 bridgehead atoms. The van der Waals surface area contributed by atoms with E-state index >= 15 is 0 Å². The van der Waals surface area contributed by atoms with Crippen molar-refractivity contribution < 1.29 is 25.9 Å². The summed E-state index contributed by atoms with van der Waals surface area (Å²) in [7, 11) is -9.83. The van der Waals surface area contributed by atoms with E-state index in [-0.39, 0.29) is 10.1 Å². The lowest BCUT2D eigenvalue weighted by atomic mass is 10.2. The van der Waals surface area contributed by atoms with Crippen molar-refractivity contribution in [3.05, 3.63) is 0 Å². The Balaban J connectivity index is 0. The van der Waals surface area contributed by atoms with Gasteiger partial charge in [-0.15, -0.1) is 0 Å². The summed E-state index contributed by atoms with van der Waals surface area (Å²) in [4.78, 5) is 2.38. The Bertz CT molecular complexity index is 422. The van der Waals surface area contributed by atoms with Crippen molar-refractivity contribution in [3.63, 3.8) is 0 Å². The minimum absolute atomic E-state index is 0.257. The van der Waals surface area contributed by atoms with Gasteiger partial charge in [-0.2, -0.15) is 16.8 Å². The smallest absolute Gasteiger partial charge is 0.304 e.